The van der Waals surface area contributed by atoms with E-state index in [1.807, 2.05) is 13.0 Å². The summed E-state index contributed by atoms with van der Waals surface area (Å²) in [5, 5.41) is 26.7. The molecule has 0 radical (unpaired) electrons. The molecule has 194 valence electrons. The molecule has 0 aliphatic carbocycles. The van der Waals surface area contributed by atoms with E-state index in [9.17, 15) is 23.4 Å². The molecular weight excluding hydrogens is 523 g/mol. The van der Waals surface area contributed by atoms with Gasteiger partial charge in [-0.25, -0.2) is 8.42 Å². The predicted molar refractivity (Wildman–Crippen MR) is 143 cm³/mol. The van der Waals surface area contributed by atoms with Crippen LogP contribution in [0.4, 0.5) is 0 Å². The third kappa shape index (κ3) is 7.69. The second-order valence-electron chi connectivity index (χ2n) is 8.11. The molecule has 0 saturated heterocycles. The first-order valence-corrected chi connectivity index (χ1v) is 13.2. The van der Waals surface area contributed by atoms with Gasteiger partial charge in [-0.05, 0) is 73.0 Å². The summed E-state index contributed by atoms with van der Waals surface area (Å²) in [6.07, 6.45) is 0.679. The summed E-state index contributed by atoms with van der Waals surface area (Å²) in [6.45, 7) is 3.27. The van der Waals surface area contributed by atoms with Gasteiger partial charge in [0.2, 0.25) is 9.84 Å². The summed E-state index contributed by atoms with van der Waals surface area (Å²) in [5.74, 6) is -0.800. The van der Waals surface area contributed by atoms with Crippen LogP contribution in [-0.2, 0) is 16.3 Å². The number of rotatable bonds is 11. The van der Waals surface area contributed by atoms with E-state index in [0.29, 0.717) is 31.1 Å². The van der Waals surface area contributed by atoms with E-state index >= 15 is 0 Å². The first-order valence-electron chi connectivity index (χ1n) is 11.3. The SMILES string of the molecule is CCCNC(=O)c1cc(S(=O)(=O)c2ccc(CCNC[C@@H](O)c3cccc(Cl)c3)cc2)ccc1O.Cl. The fourth-order valence-corrected chi connectivity index (χ4v) is 4.96. The minimum Gasteiger partial charge on any atom is -0.507 e. The van der Waals surface area contributed by atoms with Gasteiger partial charge in [-0.15, -0.1) is 12.4 Å². The third-order valence-corrected chi connectivity index (χ3v) is 7.46. The quantitative estimate of drug-likeness (QED) is 0.263. The van der Waals surface area contributed by atoms with E-state index in [0.717, 1.165) is 17.5 Å². The molecule has 10 heteroatoms. The molecule has 0 saturated carbocycles. The molecule has 0 bridgehead atoms. The van der Waals surface area contributed by atoms with Crippen LogP contribution in [0.1, 0.15) is 40.9 Å². The van der Waals surface area contributed by atoms with Crippen molar-refractivity contribution in [2.45, 2.75) is 35.7 Å². The Kier molecular flexibility index (Phi) is 11.2. The average Bonchev–Trinajstić information content (AvgIpc) is 2.85. The highest BCUT2D eigenvalue weighted by Gasteiger charge is 2.21. The number of amides is 1. The summed E-state index contributed by atoms with van der Waals surface area (Å²) in [4.78, 5) is 12.3. The number of carbonyl (C=O) groups is 1. The van der Waals surface area contributed by atoms with Crippen LogP contribution in [0.5, 0.6) is 5.75 Å². The lowest BCUT2D eigenvalue weighted by Gasteiger charge is -2.13. The lowest BCUT2D eigenvalue weighted by molar-refractivity contribution is 0.0950. The molecular formula is C26H30Cl2N2O5S. The van der Waals surface area contributed by atoms with Crippen LogP contribution in [-0.4, -0.2) is 44.2 Å². The van der Waals surface area contributed by atoms with Crippen LogP contribution in [0.3, 0.4) is 0 Å². The Morgan fingerprint density at radius 3 is 2.36 bits per heavy atom. The zero-order valence-corrected chi connectivity index (χ0v) is 22.2. The highest BCUT2D eigenvalue weighted by Crippen LogP contribution is 2.26. The fraction of sp³-hybridized carbons (Fsp3) is 0.269. The van der Waals surface area contributed by atoms with E-state index in [1.165, 1.54) is 30.3 Å². The second-order valence-corrected chi connectivity index (χ2v) is 10.5. The number of sulfone groups is 1. The molecule has 1 atom stereocenters. The van der Waals surface area contributed by atoms with Crippen molar-refractivity contribution in [1.82, 2.24) is 10.6 Å². The molecule has 3 aromatic carbocycles. The third-order valence-electron chi connectivity index (χ3n) is 5.45. The van der Waals surface area contributed by atoms with E-state index in [1.54, 1.807) is 30.3 Å². The molecule has 3 rings (SSSR count). The second kappa shape index (κ2) is 13.6. The van der Waals surface area contributed by atoms with E-state index in [4.69, 9.17) is 11.6 Å². The number of benzene rings is 3. The summed E-state index contributed by atoms with van der Waals surface area (Å²) in [6, 6.07) is 17.3. The Morgan fingerprint density at radius 2 is 1.69 bits per heavy atom. The van der Waals surface area contributed by atoms with Gasteiger partial charge in [-0.1, -0.05) is 42.8 Å². The van der Waals surface area contributed by atoms with Crippen LogP contribution < -0.4 is 10.6 Å². The van der Waals surface area contributed by atoms with Crippen LogP contribution in [0.2, 0.25) is 5.02 Å². The van der Waals surface area contributed by atoms with Crippen LogP contribution in [0.25, 0.3) is 0 Å². The number of halogens is 2. The maximum Gasteiger partial charge on any atom is 0.255 e. The van der Waals surface area contributed by atoms with Crippen molar-refractivity contribution >= 4 is 39.8 Å². The van der Waals surface area contributed by atoms with E-state index in [-0.39, 0.29) is 33.5 Å². The Bertz CT molecular complexity index is 1270. The molecule has 0 aliphatic rings. The molecule has 4 N–H and O–H groups in total. The van der Waals surface area contributed by atoms with Crippen molar-refractivity contribution < 1.29 is 23.4 Å². The Hall–Kier alpha value is -2.62. The van der Waals surface area contributed by atoms with Gasteiger partial charge in [-0.3, -0.25) is 4.79 Å². The number of hydrogen-bond donors (Lipinski definition) is 4. The molecule has 0 unspecified atom stereocenters. The Balaban J connectivity index is 0.00000456. The van der Waals surface area contributed by atoms with Crippen LogP contribution in [0, 0.1) is 0 Å². The maximum atomic E-state index is 13.1. The van der Waals surface area contributed by atoms with Crippen molar-refractivity contribution in [3.63, 3.8) is 0 Å². The summed E-state index contributed by atoms with van der Waals surface area (Å²) in [5.41, 5.74) is 1.58. The van der Waals surface area contributed by atoms with Gasteiger partial charge in [0.05, 0.1) is 21.5 Å². The first-order chi connectivity index (χ1) is 16.7. The molecule has 0 aromatic heterocycles. The molecule has 0 spiro atoms. The summed E-state index contributed by atoms with van der Waals surface area (Å²) >= 11 is 5.96. The number of aliphatic hydroxyl groups is 1. The smallest absolute Gasteiger partial charge is 0.255 e. The molecule has 0 heterocycles. The molecule has 3 aromatic rings. The minimum absolute atomic E-state index is 0. The highest BCUT2D eigenvalue weighted by molar-refractivity contribution is 7.91. The zero-order chi connectivity index (χ0) is 25.4. The molecule has 0 fully saturated rings. The maximum absolute atomic E-state index is 13.1. The van der Waals surface area contributed by atoms with Crippen molar-refractivity contribution in [3.05, 3.63) is 88.4 Å². The van der Waals surface area contributed by atoms with Gasteiger partial charge in [0, 0.05) is 18.1 Å². The molecule has 7 nitrogen and oxygen atoms in total. The fourth-order valence-electron chi connectivity index (χ4n) is 3.47. The van der Waals surface area contributed by atoms with Gasteiger partial charge in [0.25, 0.3) is 5.91 Å². The van der Waals surface area contributed by atoms with E-state index < -0.39 is 21.8 Å². The molecule has 36 heavy (non-hydrogen) atoms. The van der Waals surface area contributed by atoms with Crippen LogP contribution >= 0.6 is 24.0 Å². The number of nitrogens with one attached hydrogen (secondary N) is 2. The Morgan fingerprint density at radius 1 is 1.00 bits per heavy atom. The normalized spacial score (nSPS) is 12.0. The van der Waals surface area contributed by atoms with Crippen molar-refractivity contribution in [3.8, 4) is 5.75 Å². The van der Waals surface area contributed by atoms with E-state index in [2.05, 4.69) is 10.6 Å². The van der Waals surface area contributed by atoms with Crippen molar-refractivity contribution in [2.75, 3.05) is 19.6 Å². The summed E-state index contributed by atoms with van der Waals surface area (Å²) < 4.78 is 26.2. The van der Waals surface area contributed by atoms with Gasteiger partial charge < -0.3 is 20.8 Å². The molecule has 1 amide bonds. The zero-order valence-electron chi connectivity index (χ0n) is 19.8. The number of phenols is 1. The lowest BCUT2D eigenvalue weighted by atomic mass is 10.1. The predicted octanol–water partition coefficient (Wildman–Crippen LogP) is 4.31. The summed E-state index contributed by atoms with van der Waals surface area (Å²) in [7, 11) is -3.87. The van der Waals surface area contributed by atoms with Crippen molar-refractivity contribution in [1.29, 1.82) is 0 Å². The largest absolute Gasteiger partial charge is 0.507 e. The van der Waals surface area contributed by atoms with Gasteiger partial charge in [0.1, 0.15) is 5.75 Å². The molecule has 0 aliphatic heterocycles. The van der Waals surface area contributed by atoms with Gasteiger partial charge in [-0.2, -0.15) is 0 Å². The standard InChI is InChI=1S/C26H29ClN2O5S.ClH/c1-2-13-29-26(32)23-16-22(10-11-24(23)30)35(33,34)21-8-6-18(7-9-21)12-14-28-17-25(31)19-4-3-5-20(27)15-19;/h3-11,15-16,25,28,30-31H,2,12-14,17H2,1H3,(H,29,32);1H/t25-;/m1./s1. The number of aliphatic hydroxyl groups excluding tert-OH is 1. The first kappa shape index (κ1) is 29.6. The van der Waals surface area contributed by atoms with Crippen molar-refractivity contribution in [2.24, 2.45) is 0 Å². The monoisotopic (exact) mass is 552 g/mol. The average molecular weight is 554 g/mol. The Labute approximate surface area is 222 Å². The number of carbonyl (C=O) groups excluding carboxylic acids is 1. The lowest BCUT2D eigenvalue weighted by Crippen LogP contribution is -2.24. The number of hydrogen-bond acceptors (Lipinski definition) is 6. The number of phenolic OH excluding ortho intramolecular Hbond substituents is 1. The minimum atomic E-state index is -3.87. The number of aromatic hydroxyl groups is 1. The topological polar surface area (TPSA) is 116 Å². The van der Waals surface area contributed by atoms with Crippen LogP contribution in [0.15, 0.2) is 76.5 Å². The van der Waals surface area contributed by atoms with Gasteiger partial charge in [0.15, 0.2) is 0 Å². The highest BCUT2D eigenvalue weighted by atomic mass is 35.5. The van der Waals surface area contributed by atoms with Gasteiger partial charge >= 0.3 is 0 Å².